The van der Waals surface area contributed by atoms with Crippen molar-refractivity contribution in [2.75, 3.05) is 16.6 Å². The van der Waals surface area contributed by atoms with Crippen LogP contribution in [-0.2, 0) is 10.0 Å². The van der Waals surface area contributed by atoms with Crippen molar-refractivity contribution in [1.82, 2.24) is 4.98 Å². The highest BCUT2D eigenvalue weighted by Crippen LogP contribution is 2.22. The number of aromatic nitrogens is 1. The molecule has 0 bridgehead atoms. The highest BCUT2D eigenvalue weighted by molar-refractivity contribution is 7.92. The summed E-state index contributed by atoms with van der Waals surface area (Å²) in [6, 6.07) is 14.9. The summed E-state index contributed by atoms with van der Waals surface area (Å²) in [5.74, 6) is -0.177. The first kappa shape index (κ1) is 20.2. The Morgan fingerprint density at radius 2 is 1.86 bits per heavy atom. The zero-order valence-corrected chi connectivity index (χ0v) is 16.3. The van der Waals surface area contributed by atoms with E-state index in [1.165, 1.54) is 42.6 Å². The molecule has 29 heavy (non-hydrogen) atoms. The predicted octanol–water partition coefficient (Wildman–Crippen LogP) is 3.24. The number of benzene rings is 2. The Kier molecular flexibility index (Phi) is 5.99. The number of carbonyl (C=O) groups excluding carboxylic acids is 1. The van der Waals surface area contributed by atoms with Crippen LogP contribution in [0.25, 0.3) is 0 Å². The summed E-state index contributed by atoms with van der Waals surface area (Å²) in [5.41, 5.74) is 0.464. The Labute approximate surface area is 168 Å². The molecular weight excluding hydrogens is 394 g/mol. The molecule has 0 spiro atoms. The molecule has 1 aromatic heterocycles. The minimum Gasteiger partial charge on any atom is -0.504 e. The summed E-state index contributed by atoms with van der Waals surface area (Å²) in [6.45, 7) is 2.37. The highest BCUT2D eigenvalue weighted by atomic mass is 32.2. The average molecular weight is 413 g/mol. The molecule has 0 atom stereocenters. The molecule has 0 saturated carbocycles. The number of amides is 1. The minimum absolute atomic E-state index is 0.0155. The van der Waals surface area contributed by atoms with Crippen LogP contribution in [-0.4, -0.2) is 31.0 Å². The van der Waals surface area contributed by atoms with Gasteiger partial charge in [0.2, 0.25) is 0 Å². The average Bonchev–Trinajstić information content (AvgIpc) is 2.71. The molecule has 0 radical (unpaired) electrons. The van der Waals surface area contributed by atoms with Gasteiger partial charge in [-0.3, -0.25) is 9.52 Å². The van der Waals surface area contributed by atoms with E-state index in [4.69, 9.17) is 4.74 Å². The first-order chi connectivity index (χ1) is 13.9. The van der Waals surface area contributed by atoms with Crippen molar-refractivity contribution in [1.29, 1.82) is 0 Å². The molecule has 8 nitrogen and oxygen atoms in total. The van der Waals surface area contributed by atoms with Crippen LogP contribution in [0.2, 0.25) is 0 Å². The lowest BCUT2D eigenvalue weighted by Gasteiger charge is -2.11. The lowest BCUT2D eigenvalue weighted by Crippen LogP contribution is -2.16. The molecule has 3 aromatic rings. The summed E-state index contributed by atoms with van der Waals surface area (Å²) in [4.78, 5) is 16.2. The maximum absolute atomic E-state index is 12.7. The Morgan fingerprint density at radius 3 is 2.55 bits per heavy atom. The molecular formula is C20H19N3O5S. The van der Waals surface area contributed by atoms with Crippen LogP contribution in [0.15, 0.2) is 71.8 Å². The number of nitrogens with zero attached hydrogens (tertiary/aromatic N) is 1. The van der Waals surface area contributed by atoms with Gasteiger partial charge in [0, 0.05) is 17.4 Å². The summed E-state index contributed by atoms with van der Waals surface area (Å²) < 4.78 is 33.1. The van der Waals surface area contributed by atoms with E-state index in [-0.39, 0.29) is 22.0 Å². The van der Waals surface area contributed by atoms with E-state index in [9.17, 15) is 18.3 Å². The Hall–Kier alpha value is -3.59. The van der Waals surface area contributed by atoms with Crippen LogP contribution in [0, 0.1) is 0 Å². The van der Waals surface area contributed by atoms with Gasteiger partial charge in [0.25, 0.3) is 15.9 Å². The Balaban J connectivity index is 1.78. The van der Waals surface area contributed by atoms with Gasteiger partial charge in [0.05, 0.1) is 11.5 Å². The second-order valence-electron chi connectivity index (χ2n) is 5.92. The van der Waals surface area contributed by atoms with E-state index in [2.05, 4.69) is 15.0 Å². The summed E-state index contributed by atoms with van der Waals surface area (Å²) in [7, 11) is -3.91. The fourth-order valence-corrected chi connectivity index (χ4v) is 3.58. The number of nitrogens with one attached hydrogen (secondary N) is 2. The molecule has 0 fully saturated rings. The third-order valence-electron chi connectivity index (χ3n) is 3.84. The van der Waals surface area contributed by atoms with Gasteiger partial charge in [0.15, 0.2) is 11.6 Å². The Morgan fingerprint density at radius 1 is 1.10 bits per heavy atom. The number of sulfonamides is 1. The van der Waals surface area contributed by atoms with Crippen LogP contribution >= 0.6 is 0 Å². The van der Waals surface area contributed by atoms with Crippen LogP contribution in [0.1, 0.15) is 17.3 Å². The molecule has 0 saturated heterocycles. The normalized spacial score (nSPS) is 10.9. The zero-order chi connectivity index (χ0) is 20.9. The van der Waals surface area contributed by atoms with Crippen molar-refractivity contribution in [3.63, 3.8) is 0 Å². The lowest BCUT2D eigenvalue weighted by molar-refractivity contribution is 0.102. The molecule has 150 valence electrons. The highest BCUT2D eigenvalue weighted by Gasteiger charge is 2.17. The molecule has 0 unspecified atom stereocenters. The monoisotopic (exact) mass is 413 g/mol. The van der Waals surface area contributed by atoms with E-state index in [1.807, 2.05) is 6.92 Å². The van der Waals surface area contributed by atoms with Crippen molar-refractivity contribution in [2.45, 2.75) is 11.8 Å². The first-order valence-electron chi connectivity index (χ1n) is 8.70. The molecule has 1 amide bonds. The fraction of sp³-hybridized carbons (Fsp3) is 0.100. The van der Waals surface area contributed by atoms with Crippen LogP contribution < -0.4 is 14.8 Å². The van der Waals surface area contributed by atoms with E-state index in [1.54, 1.807) is 24.3 Å². The van der Waals surface area contributed by atoms with Gasteiger partial charge in [-0.2, -0.15) is 0 Å². The number of ether oxygens (including phenoxy) is 1. The number of pyridine rings is 1. The van der Waals surface area contributed by atoms with Gasteiger partial charge in [0.1, 0.15) is 5.75 Å². The van der Waals surface area contributed by atoms with Gasteiger partial charge in [-0.25, -0.2) is 13.4 Å². The van der Waals surface area contributed by atoms with Gasteiger partial charge < -0.3 is 15.2 Å². The topological polar surface area (TPSA) is 118 Å². The number of hydrogen-bond acceptors (Lipinski definition) is 6. The molecule has 9 heteroatoms. The molecule has 2 aromatic carbocycles. The number of hydrogen-bond donors (Lipinski definition) is 3. The van der Waals surface area contributed by atoms with E-state index in [0.29, 0.717) is 18.0 Å². The molecule has 0 aliphatic carbocycles. The van der Waals surface area contributed by atoms with Gasteiger partial charge in [-0.15, -0.1) is 0 Å². The zero-order valence-electron chi connectivity index (χ0n) is 15.5. The molecule has 0 aliphatic heterocycles. The number of aromatic hydroxyl groups is 1. The van der Waals surface area contributed by atoms with Crippen molar-refractivity contribution < 1.29 is 23.1 Å². The molecule has 1 heterocycles. The standard InChI is InChI=1S/C20H19N3O5S/c1-2-28-16-10-8-15(9-11-16)23-29(26,27)17-6-3-5-14(13-17)20(25)22-19-18(24)7-4-12-21-19/h3-13,23-24H,2H2,1H3,(H,21,22,25). The third kappa shape index (κ3) is 5.02. The van der Waals surface area contributed by atoms with Crippen molar-refractivity contribution in [3.05, 3.63) is 72.4 Å². The lowest BCUT2D eigenvalue weighted by atomic mass is 10.2. The quantitative estimate of drug-likeness (QED) is 0.547. The molecule has 3 rings (SSSR count). The number of rotatable bonds is 7. The van der Waals surface area contributed by atoms with Crippen LogP contribution in [0.4, 0.5) is 11.5 Å². The largest absolute Gasteiger partial charge is 0.504 e. The predicted molar refractivity (Wildman–Crippen MR) is 109 cm³/mol. The van der Waals surface area contributed by atoms with Crippen LogP contribution in [0.3, 0.4) is 0 Å². The van der Waals surface area contributed by atoms with E-state index in [0.717, 1.165) is 0 Å². The van der Waals surface area contributed by atoms with Crippen molar-refractivity contribution in [2.24, 2.45) is 0 Å². The molecule has 3 N–H and O–H groups in total. The summed E-state index contributed by atoms with van der Waals surface area (Å²) in [6.07, 6.45) is 1.41. The van der Waals surface area contributed by atoms with E-state index >= 15 is 0 Å². The smallest absolute Gasteiger partial charge is 0.261 e. The number of anilines is 2. The minimum atomic E-state index is -3.91. The fourth-order valence-electron chi connectivity index (χ4n) is 2.48. The molecule has 0 aliphatic rings. The summed E-state index contributed by atoms with van der Waals surface area (Å²) >= 11 is 0. The SMILES string of the molecule is CCOc1ccc(NS(=O)(=O)c2cccc(C(=O)Nc3ncccc3O)c2)cc1. The third-order valence-corrected chi connectivity index (χ3v) is 5.22. The van der Waals surface area contributed by atoms with Gasteiger partial charge in [-0.05, 0) is 61.5 Å². The summed E-state index contributed by atoms with van der Waals surface area (Å²) in [5, 5.41) is 12.2. The second kappa shape index (κ2) is 8.61. The van der Waals surface area contributed by atoms with E-state index < -0.39 is 15.9 Å². The van der Waals surface area contributed by atoms with Crippen LogP contribution in [0.5, 0.6) is 11.5 Å². The maximum atomic E-state index is 12.7. The first-order valence-corrected chi connectivity index (χ1v) is 10.2. The van der Waals surface area contributed by atoms with Gasteiger partial charge >= 0.3 is 0 Å². The van der Waals surface area contributed by atoms with Crippen molar-refractivity contribution in [3.8, 4) is 11.5 Å². The number of carbonyl (C=O) groups is 1. The Bertz CT molecular complexity index is 1110. The maximum Gasteiger partial charge on any atom is 0.261 e. The van der Waals surface area contributed by atoms with Gasteiger partial charge in [-0.1, -0.05) is 6.07 Å². The second-order valence-corrected chi connectivity index (χ2v) is 7.60. The van der Waals surface area contributed by atoms with Crippen molar-refractivity contribution >= 4 is 27.4 Å².